The maximum atomic E-state index is 9.30. The first kappa shape index (κ1) is 13.4. The molecule has 96 valence electrons. The number of anilines is 1. The van der Waals surface area contributed by atoms with E-state index < -0.39 is 0 Å². The highest BCUT2D eigenvalue weighted by Gasteiger charge is 2.24. The van der Waals surface area contributed by atoms with Crippen LogP contribution in [0.2, 0.25) is 0 Å². The summed E-state index contributed by atoms with van der Waals surface area (Å²) in [5, 5.41) is 9.30. The molecule has 0 bridgehead atoms. The van der Waals surface area contributed by atoms with E-state index in [0.717, 1.165) is 28.8 Å². The van der Waals surface area contributed by atoms with Gasteiger partial charge in [-0.2, -0.15) is 5.26 Å². The van der Waals surface area contributed by atoms with Gasteiger partial charge in [-0.3, -0.25) is 0 Å². The zero-order valence-electron chi connectivity index (χ0n) is 11.0. The molecule has 1 aromatic rings. The summed E-state index contributed by atoms with van der Waals surface area (Å²) in [6, 6.07) is 8.32. The Morgan fingerprint density at radius 2 is 2.06 bits per heavy atom. The number of nitrogens with zero attached hydrogens (tertiary/aromatic N) is 2. The standard InChI is InChI=1S/C15H19BrN2/c1-15(2)7-4-9-18(10-8-15)14-6-3-5-13(16)12(14)11-17/h3,5-6H,4,7-10H2,1-2H3. The van der Waals surface area contributed by atoms with Crippen LogP contribution in [-0.2, 0) is 0 Å². The molecular formula is C15H19BrN2. The second-order valence-electron chi connectivity index (χ2n) is 5.75. The molecule has 2 nitrogen and oxygen atoms in total. The van der Waals surface area contributed by atoms with Gasteiger partial charge in [-0.1, -0.05) is 19.9 Å². The number of hydrogen-bond donors (Lipinski definition) is 0. The second-order valence-corrected chi connectivity index (χ2v) is 6.60. The molecule has 0 saturated carbocycles. The monoisotopic (exact) mass is 306 g/mol. The van der Waals surface area contributed by atoms with Gasteiger partial charge in [-0.15, -0.1) is 0 Å². The molecule has 0 radical (unpaired) electrons. The molecule has 1 aliphatic heterocycles. The molecule has 1 saturated heterocycles. The molecule has 0 N–H and O–H groups in total. The quantitative estimate of drug-likeness (QED) is 0.772. The van der Waals surface area contributed by atoms with Gasteiger partial charge in [-0.05, 0) is 52.7 Å². The fourth-order valence-corrected chi connectivity index (χ4v) is 3.00. The summed E-state index contributed by atoms with van der Waals surface area (Å²) in [4.78, 5) is 2.36. The average molecular weight is 307 g/mol. The van der Waals surface area contributed by atoms with Gasteiger partial charge in [0.1, 0.15) is 6.07 Å². The molecule has 0 unspecified atom stereocenters. The summed E-state index contributed by atoms with van der Waals surface area (Å²) in [6.45, 7) is 6.76. The Kier molecular flexibility index (Phi) is 3.97. The Morgan fingerprint density at radius 1 is 1.28 bits per heavy atom. The third-order valence-corrected chi connectivity index (χ3v) is 4.45. The molecular weight excluding hydrogens is 288 g/mol. The lowest BCUT2D eigenvalue weighted by atomic mass is 9.85. The van der Waals surface area contributed by atoms with Crippen LogP contribution in [0.1, 0.15) is 38.7 Å². The summed E-state index contributed by atoms with van der Waals surface area (Å²) in [5.74, 6) is 0. The van der Waals surface area contributed by atoms with E-state index in [2.05, 4.69) is 46.8 Å². The molecule has 1 aromatic carbocycles. The van der Waals surface area contributed by atoms with Gasteiger partial charge in [0.05, 0.1) is 11.3 Å². The van der Waals surface area contributed by atoms with Crippen molar-refractivity contribution in [1.82, 2.24) is 0 Å². The minimum atomic E-state index is 0.424. The number of halogens is 1. The molecule has 0 spiro atoms. The topological polar surface area (TPSA) is 27.0 Å². The molecule has 3 heteroatoms. The molecule has 1 heterocycles. The van der Waals surface area contributed by atoms with Gasteiger partial charge in [0.15, 0.2) is 0 Å². The zero-order valence-corrected chi connectivity index (χ0v) is 12.6. The van der Waals surface area contributed by atoms with Crippen molar-refractivity contribution >= 4 is 21.6 Å². The van der Waals surface area contributed by atoms with Gasteiger partial charge in [-0.25, -0.2) is 0 Å². The first-order valence-corrected chi connectivity index (χ1v) is 7.26. The molecule has 2 rings (SSSR count). The van der Waals surface area contributed by atoms with E-state index in [-0.39, 0.29) is 0 Å². The summed E-state index contributed by atoms with van der Waals surface area (Å²) in [5.41, 5.74) is 2.26. The minimum absolute atomic E-state index is 0.424. The maximum absolute atomic E-state index is 9.30. The van der Waals surface area contributed by atoms with E-state index in [1.54, 1.807) is 0 Å². The number of rotatable bonds is 1. The first-order valence-electron chi connectivity index (χ1n) is 6.47. The molecule has 0 aromatic heterocycles. The molecule has 0 aliphatic carbocycles. The van der Waals surface area contributed by atoms with E-state index >= 15 is 0 Å². The lowest BCUT2D eigenvalue weighted by molar-refractivity contribution is 0.325. The van der Waals surface area contributed by atoms with Crippen molar-refractivity contribution in [1.29, 1.82) is 5.26 Å². The summed E-state index contributed by atoms with van der Waals surface area (Å²) < 4.78 is 0.894. The van der Waals surface area contributed by atoms with Crippen LogP contribution in [-0.4, -0.2) is 13.1 Å². The van der Waals surface area contributed by atoms with Crippen molar-refractivity contribution in [2.24, 2.45) is 5.41 Å². The van der Waals surface area contributed by atoms with Crippen LogP contribution >= 0.6 is 15.9 Å². The first-order chi connectivity index (χ1) is 8.53. The highest BCUT2D eigenvalue weighted by atomic mass is 79.9. The van der Waals surface area contributed by atoms with E-state index in [4.69, 9.17) is 0 Å². The van der Waals surface area contributed by atoms with Crippen molar-refractivity contribution in [2.75, 3.05) is 18.0 Å². The average Bonchev–Trinajstić information content (AvgIpc) is 2.50. The van der Waals surface area contributed by atoms with Gasteiger partial charge < -0.3 is 4.90 Å². The highest BCUT2D eigenvalue weighted by Crippen LogP contribution is 2.34. The summed E-state index contributed by atoms with van der Waals surface area (Å²) >= 11 is 3.47. The predicted octanol–water partition coefficient (Wildman–Crippen LogP) is 4.34. The minimum Gasteiger partial charge on any atom is -0.370 e. The van der Waals surface area contributed by atoms with Crippen LogP contribution in [0.25, 0.3) is 0 Å². The van der Waals surface area contributed by atoms with Crippen LogP contribution in [0.15, 0.2) is 22.7 Å². The predicted molar refractivity (Wildman–Crippen MR) is 78.7 cm³/mol. The number of nitriles is 1. The maximum Gasteiger partial charge on any atom is 0.103 e. The fourth-order valence-electron chi connectivity index (χ4n) is 2.55. The van der Waals surface area contributed by atoms with Crippen molar-refractivity contribution in [2.45, 2.75) is 33.1 Å². The molecule has 0 amide bonds. The number of hydrogen-bond acceptors (Lipinski definition) is 2. The van der Waals surface area contributed by atoms with Gasteiger partial charge in [0.2, 0.25) is 0 Å². The molecule has 0 atom stereocenters. The zero-order chi connectivity index (χ0) is 13.2. The van der Waals surface area contributed by atoms with E-state index in [0.29, 0.717) is 5.41 Å². The highest BCUT2D eigenvalue weighted by molar-refractivity contribution is 9.10. The van der Waals surface area contributed by atoms with Crippen molar-refractivity contribution in [3.8, 4) is 6.07 Å². The summed E-state index contributed by atoms with van der Waals surface area (Å²) in [6.07, 6.45) is 3.65. The summed E-state index contributed by atoms with van der Waals surface area (Å²) in [7, 11) is 0. The SMILES string of the molecule is CC1(C)CCCN(c2cccc(Br)c2C#N)CC1. The van der Waals surface area contributed by atoms with Crippen molar-refractivity contribution < 1.29 is 0 Å². The fraction of sp³-hybridized carbons (Fsp3) is 0.533. The normalized spacial score (nSPS) is 19.1. The lowest BCUT2D eigenvalue weighted by Gasteiger charge is -2.25. The molecule has 1 aliphatic rings. The molecule has 18 heavy (non-hydrogen) atoms. The Balaban J connectivity index is 2.27. The smallest absolute Gasteiger partial charge is 0.103 e. The van der Waals surface area contributed by atoms with Gasteiger partial charge in [0, 0.05) is 17.6 Å². The van der Waals surface area contributed by atoms with Crippen LogP contribution in [0.3, 0.4) is 0 Å². The van der Waals surface area contributed by atoms with Crippen LogP contribution in [0.4, 0.5) is 5.69 Å². The number of benzene rings is 1. The van der Waals surface area contributed by atoms with Crippen LogP contribution < -0.4 is 4.90 Å². The third kappa shape index (κ3) is 2.87. The second kappa shape index (κ2) is 5.32. The Morgan fingerprint density at radius 3 is 2.78 bits per heavy atom. The van der Waals surface area contributed by atoms with Crippen molar-refractivity contribution in [3.63, 3.8) is 0 Å². The van der Waals surface area contributed by atoms with E-state index in [1.165, 1.54) is 19.3 Å². The third-order valence-electron chi connectivity index (χ3n) is 3.78. The molecule has 1 fully saturated rings. The van der Waals surface area contributed by atoms with Gasteiger partial charge in [0.25, 0.3) is 0 Å². The van der Waals surface area contributed by atoms with Crippen LogP contribution in [0, 0.1) is 16.7 Å². The van der Waals surface area contributed by atoms with Crippen molar-refractivity contribution in [3.05, 3.63) is 28.2 Å². The Bertz CT molecular complexity index is 474. The van der Waals surface area contributed by atoms with E-state index in [1.807, 2.05) is 12.1 Å². The van der Waals surface area contributed by atoms with Crippen LogP contribution in [0.5, 0.6) is 0 Å². The lowest BCUT2D eigenvalue weighted by Crippen LogP contribution is -2.25. The van der Waals surface area contributed by atoms with E-state index in [9.17, 15) is 5.26 Å². The Hall–Kier alpha value is -1.01. The largest absolute Gasteiger partial charge is 0.370 e. The van der Waals surface area contributed by atoms with Gasteiger partial charge >= 0.3 is 0 Å². The Labute approximate surface area is 118 Å².